The van der Waals surface area contributed by atoms with Gasteiger partial charge in [-0.2, -0.15) is 4.68 Å². The number of ether oxygens (including phenoxy) is 2. The van der Waals surface area contributed by atoms with Crippen LogP contribution in [0.5, 0.6) is 11.5 Å². The lowest BCUT2D eigenvalue weighted by Gasteiger charge is -2.12. The van der Waals surface area contributed by atoms with Gasteiger partial charge in [0.1, 0.15) is 23.0 Å². The first-order valence-electron chi connectivity index (χ1n) is 6.22. The van der Waals surface area contributed by atoms with Crippen molar-refractivity contribution in [3.05, 3.63) is 28.1 Å². The third-order valence-electron chi connectivity index (χ3n) is 3.04. The highest BCUT2D eigenvalue weighted by atomic mass is 35.5. The van der Waals surface area contributed by atoms with Gasteiger partial charge in [-0.3, -0.25) is 0 Å². The summed E-state index contributed by atoms with van der Waals surface area (Å²) in [5.74, 6) is 1.55. The number of nitrogens with zero attached hydrogens (tertiary/aromatic N) is 5. The monoisotopic (exact) mass is 339 g/mol. The van der Waals surface area contributed by atoms with E-state index in [-0.39, 0.29) is 5.15 Å². The third-order valence-corrected chi connectivity index (χ3v) is 3.59. The van der Waals surface area contributed by atoms with E-state index < -0.39 is 0 Å². The van der Waals surface area contributed by atoms with Crippen molar-refractivity contribution in [1.29, 1.82) is 0 Å². The zero-order chi connectivity index (χ0) is 15.9. The molecule has 0 aliphatic carbocycles. The topological polar surface area (TPSA) is 75.0 Å². The number of hydrogen-bond donors (Lipinski definition) is 0. The van der Waals surface area contributed by atoms with Crippen LogP contribution in [0.25, 0.3) is 16.9 Å². The molecule has 0 saturated heterocycles. The fraction of sp³-hybridized carbons (Fsp3) is 0.231. The number of hydrogen-bond acceptors (Lipinski definition) is 6. The average Bonchev–Trinajstić information content (AvgIpc) is 2.89. The van der Waals surface area contributed by atoms with Crippen LogP contribution in [-0.4, -0.2) is 39.2 Å². The second-order valence-corrected chi connectivity index (χ2v) is 5.16. The largest absolute Gasteiger partial charge is 0.497 e. The summed E-state index contributed by atoms with van der Waals surface area (Å²) in [5.41, 5.74) is 1.34. The van der Waals surface area contributed by atoms with Crippen LogP contribution in [0.2, 0.25) is 10.2 Å². The quantitative estimate of drug-likeness (QED) is 0.683. The van der Waals surface area contributed by atoms with Crippen LogP contribution in [-0.2, 0) is 0 Å². The molecule has 3 aromatic rings. The molecular weight excluding hydrogens is 329 g/mol. The third kappa shape index (κ3) is 2.32. The Hall–Kier alpha value is -2.12. The number of aromatic nitrogens is 5. The van der Waals surface area contributed by atoms with Crippen molar-refractivity contribution in [2.45, 2.75) is 6.92 Å². The lowest BCUT2D eigenvalue weighted by Crippen LogP contribution is -2.03. The number of benzene rings is 1. The molecule has 0 spiro atoms. The molecule has 9 heteroatoms. The molecule has 2 heterocycles. The molecule has 1 aromatic carbocycles. The lowest BCUT2D eigenvalue weighted by molar-refractivity contribution is 0.392. The predicted molar refractivity (Wildman–Crippen MR) is 82.3 cm³/mol. The maximum Gasteiger partial charge on any atom is 0.188 e. The van der Waals surface area contributed by atoms with Crippen molar-refractivity contribution in [2.24, 2.45) is 0 Å². The maximum atomic E-state index is 6.34. The summed E-state index contributed by atoms with van der Waals surface area (Å²) < 4.78 is 12.0. The molecule has 0 atom stereocenters. The Bertz CT molecular complexity index is 865. The molecule has 0 aliphatic heterocycles. The van der Waals surface area contributed by atoms with Crippen LogP contribution in [0, 0.1) is 6.92 Å². The van der Waals surface area contributed by atoms with Crippen LogP contribution >= 0.6 is 23.2 Å². The van der Waals surface area contributed by atoms with Crippen LogP contribution in [0.4, 0.5) is 0 Å². The zero-order valence-corrected chi connectivity index (χ0v) is 13.5. The molecule has 2 aromatic heterocycles. The summed E-state index contributed by atoms with van der Waals surface area (Å²) in [5, 5.41) is 8.69. The minimum absolute atomic E-state index is 0.234. The summed E-state index contributed by atoms with van der Waals surface area (Å²) >= 11 is 12.4. The normalized spacial score (nSPS) is 11.0. The van der Waals surface area contributed by atoms with Crippen LogP contribution in [0.15, 0.2) is 12.1 Å². The van der Waals surface area contributed by atoms with Gasteiger partial charge < -0.3 is 9.47 Å². The maximum absolute atomic E-state index is 6.34. The van der Waals surface area contributed by atoms with E-state index in [1.54, 1.807) is 26.2 Å². The van der Waals surface area contributed by atoms with Gasteiger partial charge in [0.15, 0.2) is 16.3 Å². The molecular formula is C13H11Cl2N5O2. The molecule has 0 saturated carbocycles. The highest BCUT2D eigenvalue weighted by Crippen LogP contribution is 2.36. The van der Waals surface area contributed by atoms with Crippen molar-refractivity contribution in [1.82, 2.24) is 25.0 Å². The first-order chi connectivity index (χ1) is 10.5. The van der Waals surface area contributed by atoms with E-state index in [4.69, 9.17) is 32.7 Å². The second kappa shape index (κ2) is 5.58. The molecule has 0 amide bonds. The van der Waals surface area contributed by atoms with Gasteiger partial charge in [-0.1, -0.05) is 28.4 Å². The van der Waals surface area contributed by atoms with Gasteiger partial charge in [0.05, 0.1) is 19.2 Å². The Kier molecular flexibility index (Phi) is 3.76. The van der Waals surface area contributed by atoms with Crippen molar-refractivity contribution in [2.75, 3.05) is 14.2 Å². The molecule has 7 nitrogen and oxygen atoms in total. The molecule has 0 N–H and O–H groups in total. The number of fused-ring (bicyclic) bond motifs is 1. The van der Waals surface area contributed by atoms with Gasteiger partial charge in [0.25, 0.3) is 0 Å². The Morgan fingerprint density at radius 1 is 1.09 bits per heavy atom. The van der Waals surface area contributed by atoms with Crippen LogP contribution in [0.1, 0.15) is 5.82 Å². The van der Waals surface area contributed by atoms with Crippen molar-refractivity contribution in [3.63, 3.8) is 0 Å². The summed E-state index contributed by atoms with van der Waals surface area (Å²) in [6.07, 6.45) is 0. The molecule has 3 rings (SSSR count). The van der Waals surface area contributed by atoms with Crippen LogP contribution in [0.3, 0.4) is 0 Å². The fourth-order valence-electron chi connectivity index (χ4n) is 2.06. The van der Waals surface area contributed by atoms with Crippen LogP contribution < -0.4 is 9.47 Å². The number of methoxy groups -OCH3 is 2. The molecule has 0 bridgehead atoms. The molecule has 0 aliphatic rings. The van der Waals surface area contributed by atoms with E-state index in [0.717, 1.165) is 0 Å². The van der Waals surface area contributed by atoms with Crippen molar-refractivity contribution < 1.29 is 9.47 Å². The minimum Gasteiger partial charge on any atom is -0.497 e. The fourth-order valence-corrected chi connectivity index (χ4v) is 2.59. The number of aryl methyl sites for hydroxylation is 1. The summed E-state index contributed by atoms with van der Waals surface area (Å²) in [7, 11) is 3.08. The van der Waals surface area contributed by atoms with E-state index in [2.05, 4.69) is 20.3 Å². The van der Waals surface area contributed by atoms with Gasteiger partial charge in [-0.05, 0) is 6.92 Å². The van der Waals surface area contributed by atoms with E-state index in [1.807, 2.05) is 0 Å². The molecule has 0 fully saturated rings. The first-order valence-corrected chi connectivity index (χ1v) is 6.98. The standard InChI is InChI=1S/C13H11Cl2N5O2/c1-6-16-12(15)10-13(17-6)20(19-18-10)11-8(14)4-7(21-2)5-9(11)22-3/h4-5H,1-3H3. The lowest BCUT2D eigenvalue weighted by atomic mass is 10.2. The smallest absolute Gasteiger partial charge is 0.188 e. The van der Waals surface area contributed by atoms with E-state index >= 15 is 0 Å². The Balaban J connectivity index is 2.32. The number of rotatable bonds is 3. The molecule has 0 unspecified atom stereocenters. The van der Waals surface area contributed by atoms with Gasteiger partial charge in [-0.15, -0.1) is 5.10 Å². The molecule has 22 heavy (non-hydrogen) atoms. The number of halogens is 2. The van der Waals surface area contributed by atoms with Gasteiger partial charge >= 0.3 is 0 Å². The first kappa shape index (κ1) is 14.8. The minimum atomic E-state index is 0.234. The van der Waals surface area contributed by atoms with E-state index in [1.165, 1.54) is 11.8 Å². The highest BCUT2D eigenvalue weighted by Gasteiger charge is 2.19. The van der Waals surface area contributed by atoms with E-state index in [0.29, 0.717) is 39.2 Å². The van der Waals surface area contributed by atoms with E-state index in [9.17, 15) is 0 Å². The SMILES string of the molecule is COc1cc(Cl)c(-n2nnc3c(Cl)nc(C)nc32)c(OC)c1. The van der Waals surface area contributed by atoms with Gasteiger partial charge in [0.2, 0.25) is 0 Å². The summed E-state index contributed by atoms with van der Waals surface area (Å²) in [6.45, 7) is 1.73. The molecule has 114 valence electrons. The van der Waals surface area contributed by atoms with Crippen molar-refractivity contribution in [3.8, 4) is 17.2 Å². The summed E-state index contributed by atoms with van der Waals surface area (Å²) in [4.78, 5) is 8.38. The average molecular weight is 340 g/mol. The predicted octanol–water partition coefficient (Wildman–Crippen LogP) is 2.84. The highest BCUT2D eigenvalue weighted by molar-refractivity contribution is 6.34. The Morgan fingerprint density at radius 3 is 2.55 bits per heavy atom. The Morgan fingerprint density at radius 2 is 1.86 bits per heavy atom. The summed E-state index contributed by atoms with van der Waals surface area (Å²) in [6, 6.07) is 3.35. The second-order valence-electron chi connectivity index (χ2n) is 4.40. The zero-order valence-electron chi connectivity index (χ0n) is 12.0. The Labute approximate surface area is 135 Å². The van der Waals surface area contributed by atoms with Crippen molar-refractivity contribution >= 4 is 34.4 Å². The van der Waals surface area contributed by atoms with Gasteiger partial charge in [0, 0.05) is 12.1 Å². The molecule has 0 radical (unpaired) electrons. The van der Waals surface area contributed by atoms with Gasteiger partial charge in [-0.25, -0.2) is 9.97 Å².